The van der Waals surface area contributed by atoms with Gasteiger partial charge in [0.05, 0.1) is 11.0 Å². The highest BCUT2D eigenvalue weighted by Crippen LogP contribution is 2.23. The molecule has 1 aromatic carbocycles. The van der Waals surface area contributed by atoms with Crippen LogP contribution in [0.1, 0.15) is 42.8 Å². The Balaban J connectivity index is 1.26. The summed E-state index contributed by atoms with van der Waals surface area (Å²) in [6.45, 7) is 7.83. The Morgan fingerprint density at radius 2 is 2.00 bits per heavy atom. The van der Waals surface area contributed by atoms with Crippen LogP contribution < -0.4 is 5.32 Å². The number of nitrogens with one attached hydrogen (secondary N) is 2. The lowest BCUT2D eigenvalue weighted by atomic mass is 9.93. The summed E-state index contributed by atoms with van der Waals surface area (Å²) in [4.78, 5) is 29.2. The molecular weight excluding hydrogens is 440 g/mol. The number of imidazole rings is 1. The Hall–Kier alpha value is -3.75. The maximum Gasteiger partial charge on any atom is 0.242 e. The molecule has 1 amide bonds. The van der Waals surface area contributed by atoms with Crippen molar-refractivity contribution in [3.05, 3.63) is 59.4 Å². The quantitative estimate of drug-likeness (QED) is 0.422. The van der Waals surface area contributed by atoms with E-state index in [2.05, 4.69) is 37.0 Å². The third-order valence-electron chi connectivity index (χ3n) is 6.57. The zero-order chi connectivity index (χ0) is 24.4. The highest BCUT2D eigenvalue weighted by molar-refractivity contribution is 5.81. The zero-order valence-corrected chi connectivity index (χ0v) is 20.6. The van der Waals surface area contributed by atoms with Crippen molar-refractivity contribution in [2.24, 2.45) is 5.92 Å². The number of anilines is 2. The van der Waals surface area contributed by atoms with E-state index >= 15 is 0 Å². The third-order valence-corrected chi connectivity index (χ3v) is 6.57. The van der Waals surface area contributed by atoms with Crippen LogP contribution >= 0.6 is 0 Å². The Morgan fingerprint density at radius 3 is 2.80 bits per heavy atom. The minimum atomic E-state index is 0.155. The molecule has 9 heteroatoms. The second kappa shape index (κ2) is 9.85. The molecule has 4 heterocycles. The number of H-pyrrole nitrogens is 1. The van der Waals surface area contributed by atoms with E-state index in [0.29, 0.717) is 12.5 Å². The summed E-state index contributed by atoms with van der Waals surface area (Å²) in [6, 6.07) is 12.0. The van der Waals surface area contributed by atoms with Gasteiger partial charge in [0.25, 0.3) is 0 Å². The molecule has 0 bridgehead atoms. The van der Waals surface area contributed by atoms with Crippen LogP contribution in [0.25, 0.3) is 11.0 Å². The number of nitrogens with zero attached hydrogens (tertiary/aromatic N) is 6. The fourth-order valence-corrected chi connectivity index (χ4v) is 4.97. The monoisotopic (exact) mass is 472 g/mol. The van der Waals surface area contributed by atoms with Crippen LogP contribution in [0, 0.1) is 19.8 Å². The minimum Gasteiger partial charge on any atom is -0.341 e. The summed E-state index contributed by atoms with van der Waals surface area (Å²) in [5.74, 6) is 3.67. The topological polar surface area (TPSA) is 105 Å². The van der Waals surface area contributed by atoms with Crippen molar-refractivity contribution in [2.45, 2.75) is 53.0 Å². The molecule has 35 heavy (non-hydrogen) atoms. The molecule has 0 aliphatic carbocycles. The Labute approximate surface area is 205 Å². The van der Waals surface area contributed by atoms with Crippen LogP contribution in [0.3, 0.4) is 0 Å². The molecule has 182 valence electrons. The second-order valence-electron chi connectivity index (χ2n) is 9.36. The van der Waals surface area contributed by atoms with Crippen molar-refractivity contribution in [2.75, 3.05) is 18.4 Å². The number of carbonyl (C=O) groups excluding carboxylic acids is 1. The largest absolute Gasteiger partial charge is 0.341 e. The number of hydrogen-bond donors (Lipinski definition) is 2. The maximum atomic E-state index is 13.3. The Morgan fingerprint density at radius 1 is 1.14 bits per heavy atom. The number of aromatic amines is 1. The van der Waals surface area contributed by atoms with Gasteiger partial charge in [-0.2, -0.15) is 5.10 Å². The maximum absolute atomic E-state index is 13.3. The van der Waals surface area contributed by atoms with E-state index in [1.165, 1.54) is 0 Å². The summed E-state index contributed by atoms with van der Waals surface area (Å²) < 4.78 is 2.07. The van der Waals surface area contributed by atoms with Gasteiger partial charge in [-0.1, -0.05) is 19.1 Å². The molecule has 1 saturated heterocycles. The summed E-state index contributed by atoms with van der Waals surface area (Å²) in [5, 5.41) is 10.4. The molecule has 1 atom stereocenters. The molecule has 1 fully saturated rings. The molecule has 0 radical (unpaired) electrons. The fourth-order valence-electron chi connectivity index (χ4n) is 4.97. The molecule has 0 spiro atoms. The number of carbonyl (C=O) groups is 1. The molecular formula is C26H32N8O. The number of benzene rings is 1. The van der Waals surface area contributed by atoms with Gasteiger partial charge >= 0.3 is 0 Å². The molecule has 4 aromatic rings. The van der Waals surface area contributed by atoms with Crippen molar-refractivity contribution in [3.8, 4) is 0 Å². The molecule has 0 saturated carbocycles. The van der Waals surface area contributed by atoms with Gasteiger partial charge < -0.3 is 14.8 Å². The highest BCUT2D eigenvalue weighted by atomic mass is 16.2. The number of piperidine rings is 1. The van der Waals surface area contributed by atoms with Crippen LogP contribution in [-0.2, 0) is 24.2 Å². The van der Waals surface area contributed by atoms with Crippen LogP contribution in [0.4, 0.5) is 11.6 Å². The standard InChI is InChI=1S/C26H32N8O/c1-4-25-29-21-9-5-6-10-22(21)34(25)16-26(35)33-11-7-8-19(15-33)13-20-14-23(28-18(3)27-20)30-24-12-17(2)31-32-24/h5-6,9-10,12,14,19H,4,7-8,11,13,15-16H2,1-3H3,(H2,27,28,30,31,32). The van der Waals surface area contributed by atoms with E-state index in [-0.39, 0.29) is 5.91 Å². The van der Waals surface area contributed by atoms with Gasteiger partial charge in [0.15, 0.2) is 5.82 Å². The van der Waals surface area contributed by atoms with Crippen LogP contribution in [0.15, 0.2) is 36.4 Å². The zero-order valence-electron chi connectivity index (χ0n) is 20.6. The lowest BCUT2D eigenvalue weighted by Crippen LogP contribution is -2.42. The molecule has 3 aromatic heterocycles. The Bertz CT molecular complexity index is 1340. The van der Waals surface area contributed by atoms with Gasteiger partial charge in [-0.15, -0.1) is 0 Å². The molecule has 1 aliphatic rings. The number of aryl methyl sites for hydroxylation is 3. The predicted octanol–water partition coefficient (Wildman–Crippen LogP) is 3.95. The van der Waals surface area contributed by atoms with Gasteiger partial charge in [0, 0.05) is 43.0 Å². The highest BCUT2D eigenvalue weighted by Gasteiger charge is 2.25. The fraction of sp³-hybridized carbons (Fsp3) is 0.423. The molecule has 1 unspecified atom stereocenters. The van der Waals surface area contributed by atoms with E-state index in [9.17, 15) is 4.79 Å². The average molecular weight is 473 g/mol. The first-order valence-corrected chi connectivity index (χ1v) is 12.3. The van der Waals surface area contributed by atoms with Crippen molar-refractivity contribution < 1.29 is 4.79 Å². The first kappa shape index (κ1) is 23.0. The number of fused-ring (bicyclic) bond motifs is 1. The predicted molar refractivity (Wildman–Crippen MR) is 135 cm³/mol. The van der Waals surface area contributed by atoms with Crippen LogP contribution in [0.5, 0.6) is 0 Å². The molecule has 2 N–H and O–H groups in total. The first-order chi connectivity index (χ1) is 17.0. The smallest absolute Gasteiger partial charge is 0.242 e. The third kappa shape index (κ3) is 5.18. The number of likely N-dealkylation sites (tertiary alicyclic amines) is 1. The van der Waals surface area contributed by atoms with E-state index in [0.717, 1.165) is 84.5 Å². The lowest BCUT2D eigenvalue weighted by Gasteiger charge is -2.33. The van der Waals surface area contributed by atoms with Crippen molar-refractivity contribution in [1.29, 1.82) is 0 Å². The van der Waals surface area contributed by atoms with Gasteiger partial charge in [-0.05, 0) is 51.2 Å². The second-order valence-corrected chi connectivity index (χ2v) is 9.36. The number of amides is 1. The van der Waals surface area contributed by atoms with Crippen molar-refractivity contribution >= 4 is 28.6 Å². The number of aromatic nitrogens is 6. The van der Waals surface area contributed by atoms with Crippen molar-refractivity contribution in [1.82, 2.24) is 34.6 Å². The molecule has 5 rings (SSSR count). The minimum absolute atomic E-state index is 0.155. The number of rotatable bonds is 7. The van der Waals surface area contributed by atoms with Gasteiger partial charge in [-0.25, -0.2) is 15.0 Å². The Kier molecular flexibility index (Phi) is 6.48. The normalized spacial score (nSPS) is 16.1. The molecule has 9 nitrogen and oxygen atoms in total. The lowest BCUT2D eigenvalue weighted by molar-refractivity contribution is -0.133. The van der Waals surface area contributed by atoms with E-state index in [4.69, 9.17) is 4.98 Å². The summed E-state index contributed by atoms with van der Waals surface area (Å²) in [6.07, 6.45) is 3.70. The van der Waals surface area contributed by atoms with E-state index in [1.807, 2.05) is 55.1 Å². The van der Waals surface area contributed by atoms with E-state index in [1.54, 1.807) is 0 Å². The summed E-state index contributed by atoms with van der Waals surface area (Å²) in [5.41, 5.74) is 3.94. The first-order valence-electron chi connectivity index (χ1n) is 12.3. The van der Waals surface area contributed by atoms with Gasteiger partial charge in [-0.3, -0.25) is 9.89 Å². The van der Waals surface area contributed by atoms with Gasteiger partial charge in [0.1, 0.15) is 24.0 Å². The van der Waals surface area contributed by atoms with Crippen LogP contribution in [0.2, 0.25) is 0 Å². The molecule has 1 aliphatic heterocycles. The number of hydrogen-bond acceptors (Lipinski definition) is 6. The number of para-hydroxylation sites is 2. The SMILES string of the molecule is CCc1nc2ccccc2n1CC(=O)N1CCCC(Cc2cc(Nc3cc(C)[nH]n3)nc(C)n2)C1. The van der Waals surface area contributed by atoms with Gasteiger partial charge in [0.2, 0.25) is 5.91 Å². The van der Waals surface area contributed by atoms with E-state index < -0.39 is 0 Å². The summed E-state index contributed by atoms with van der Waals surface area (Å²) in [7, 11) is 0. The van der Waals surface area contributed by atoms with Crippen molar-refractivity contribution in [3.63, 3.8) is 0 Å². The summed E-state index contributed by atoms with van der Waals surface area (Å²) >= 11 is 0. The van der Waals surface area contributed by atoms with Crippen LogP contribution in [-0.4, -0.2) is 53.6 Å². The average Bonchev–Trinajstić information content (AvgIpc) is 3.41.